The molecule has 2 heterocycles. The van der Waals surface area contributed by atoms with Crippen molar-refractivity contribution in [1.29, 1.82) is 0 Å². The van der Waals surface area contributed by atoms with Crippen molar-refractivity contribution in [3.05, 3.63) is 29.3 Å². The van der Waals surface area contributed by atoms with Crippen molar-refractivity contribution < 1.29 is 22.0 Å². The van der Waals surface area contributed by atoms with Crippen molar-refractivity contribution >= 4 is 21.4 Å². The van der Waals surface area contributed by atoms with Crippen molar-refractivity contribution in [3.63, 3.8) is 0 Å². The van der Waals surface area contributed by atoms with Gasteiger partial charge in [-0.15, -0.1) is 0 Å². The number of hydrogen-bond donors (Lipinski definition) is 1. The van der Waals surface area contributed by atoms with Crippen LogP contribution in [0.25, 0.3) is 0 Å². The number of nitrogens with one attached hydrogen (secondary N) is 1. The number of anilines is 1. The van der Waals surface area contributed by atoms with Crippen LogP contribution in [0.3, 0.4) is 0 Å². The molecule has 0 radical (unpaired) electrons. The summed E-state index contributed by atoms with van der Waals surface area (Å²) in [7, 11) is -3.12. The zero-order valence-electron chi connectivity index (χ0n) is 13.4. The van der Waals surface area contributed by atoms with E-state index in [1.165, 1.54) is 6.07 Å². The third-order valence-electron chi connectivity index (χ3n) is 4.58. The topological polar surface area (TPSA) is 66.5 Å². The van der Waals surface area contributed by atoms with Gasteiger partial charge in [0.05, 0.1) is 29.3 Å². The second-order valence-corrected chi connectivity index (χ2v) is 9.06. The number of carbonyl (C=O) groups is 1. The molecule has 1 aromatic carbocycles. The molecule has 132 valence electrons. The summed E-state index contributed by atoms with van der Waals surface area (Å²) in [5.74, 6) is -1.67. The van der Waals surface area contributed by atoms with E-state index in [1.54, 1.807) is 11.8 Å². The molecule has 0 aromatic heterocycles. The van der Waals surface area contributed by atoms with E-state index >= 15 is 0 Å². The van der Waals surface area contributed by atoms with Crippen molar-refractivity contribution in [2.75, 3.05) is 29.5 Å². The monoisotopic (exact) mass is 358 g/mol. The Morgan fingerprint density at radius 3 is 2.79 bits per heavy atom. The van der Waals surface area contributed by atoms with Gasteiger partial charge in [-0.05, 0) is 37.8 Å². The summed E-state index contributed by atoms with van der Waals surface area (Å²) >= 11 is 0. The highest BCUT2D eigenvalue weighted by atomic mass is 32.2. The van der Waals surface area contributed by atoms with Crippen molar-refractivity contribution in [3.8, 4) is 0 Å². The molecule has 0 aliphatic carbocycles. The lowest BCUT2D eigenvalue weighted by molar-refractivity contribution is -0.121. The molecule has 0 bridgehead atoms. The Hall–Kier alpha value is -1.70. The van der Waals surface area contributed by atoms with Gasteiger partial charge in [0.2, 0.25) is 5.91 Å². The molecule has 2 aliphatic rings. The predicted octanol–water partition coefficient (Wildman–Crippen LogP) is 1.41. The van der Waals surface area contributed by atoms with Gasteiger partial charge in [-0.25, -0.2) is 17.2 Å². The highest BCUT2D eigenvalue weighted by Gasteiger charge is 2.39. The molecule has 1 fully saturated rings. The number of aryl methyl sites for hydroxylation is 1. The van der Waals surface area contributed by atoms with Crippen LogP contribution in [0.2, 0.25) is 0 Å². The fourth-order valence-corrected chi connectivity index (χ4v) is 5.65. The highest BCUT2D eigenvalue weighted by molar-refractivity contribution is 7.91. The third-order valence-corrected chi connectivity index (χ3v) is 6.48. The first-order valence-corrected chi connectivity index (χ1v) is 9.74. The Morgan fingerprint density at radius 2 is 2.12 bits per heavy atom. The van der Waals surface area contributed by atoms with Gasteiger partial charge in [-0.2, -0.15) is 0 Å². The number of amides is 1. The zero-order chi connectivity index (χ0) is 17.5. The standard InChI is InChI=1S/C16H20F2N2O3S/c1-16(4-6-24(22,23)10-16)19-14(21)9-20-5-2-3-11-7-12(17)8-13(18)15(11)20/h7-8H,2-6,9-10H2,1H3,(H,19,21)/t16-/m0/s1. The SMILES string of the molecule is C[C@]1(NC(=O)CN2CCCc3cc(F)cc(F)c32)CCS(=O)(=O)C1. The van der Waals surface area contributed by atoms with Crippen LogP contribution in [0.5, 0.6) is 0 Å². The maximum Gasteiger partial charge on any atom is 0.239 e. The van der Waals surface area contributed by atoms with Crippen LogP contribution >= 0.6 is 0 Å². The number of rotatable bonds is 3. The average molecular weight is 358 g/mol. The van der Waals surface area contributed by atoms with Crippen LogP contribution in [0.1, 0.15) is 25.3 Å². The molecule has 1 amide bonds. The Morgan fingerprint density at radius 1 is 1.38 bits per heavy atom. The van der Waals surface area contributed by atoms with E-state index in [1.807, 2.05) is 0 Å². The van der Waals surface area contributed by atoms with Crippen LogP contribution < -0.4 is 10.2 Å². The van der Waals surface area contributed by atoms with Crippen molar-refractivity contribution in [2.24, 2.45) is 0 Å². The number of hydrogen-bond acceptors (Lipinski definition) is 4. The quantitative estimate of drug-likeness (QED) is 0.887. The third kappa shape index (κ3) is 3.53. The molecule has 5 nitrogen and oxygen atoms in total. The summed E-state index contributed by atoms with van der Waals surface area (Å²) in [6.07, 6.45) is 1.64. The minimum absolute atomic E-state index is 0.0598. The molecule has 1 atom stereocenters. The molecular weight excluding hydrogens is 338 g/mol. The number of carbonyl (C=O) groups excluding carboxylic acids is 1. The van der Waals surface area contributed by atoms with E-state index in [0.717, 1.165) is 6.07 Å². The second kappa shape index (κ2) is 5.98. The van der Waals surface area contributed by atoms with E-state index in [-0.39, 0.29) is 29.6 Å². The van der Waals surface area contributed by atoms with E-state index in [4.69, 9.17) is 0 Å². The molecule has 24 heavy (non-hydrogen) atoms. The van der Waals surface area contributed by atoms with Gasteiger partial charge in [-0.3, -0.25) is 4.79 Å². The van der Waals surface area contributed by atoms with Crippen LogP contribution in [-0.2, 0) is 21.1 Å². The summed E-state index contributed by atoms with van der Waals surface area (Å²) in [5, 5.41) is 2.76. The Labute approximate surface area is 139 Å². The fourth-order valence-electron chi connectivity index (χ4n) is 3.55. The van der Waals surface area contributed by atoms with Gasteiger partial charge in [0.25, 0.3) is 0 Å². The minimum Gasteiger partial charge on any atom is -0.360 e. The number of sulfone groups is 1. The zero-order valence-corrected chi connectivity index (χ0v) is 14.3. The van der Waals surface area contributed by atoms with Crippen LogP contribution in [0.15, 0.2) is 12.1 Å². The molecule has 0 spiro atoms. The summed E-state index contributed by atoms with van der Waals surface area (Å²) in [4.78, 5) is 13.9. The molecule has 0 saturated carbocycles. The van der Waals surface area contributed by atoms with E-state index in [2.05, 4.69) is 5.32 Å². The van der Waals surface area contributed by atoms with Gasteiger partial charge in [0.15, 0.2) is 9.84 Å². The Balaban J connectivity index is 1.73. The van der Waals surface area contributed by atoms with Crippen LogP contribution in [0.4, 0.5) is 14.5 Å². The van der Waals surface area contributed by atoms with Gasteiger partial charge >= 0.3 is 0 Å². The number of benzene rings is 1. The fraction of sp³-hybridized carbons (Fsp3) is 0.562. The molecule has 1 N–H and O–H groups in total. The van der Waals surface area contributed by atoms with Gasteiger partial charge in [-0.1, -0.05) is 0 Å². The maximum atomic E-state index is 14.1. The van der Waals surface area contributed by atoms with Crippen molar-refractivity contribution in [1.82, 2.24) is 5.32 Å². The summed E-state index contributed by atoms with van der Waals surface area (Å²) in [6, 6.07) is 2.12. The largest absolute Gasteiger partial charge is 0.360 e. The first-order chi connectivity index (χ1) is 11.2. The number of halogens is 2. The summed E-state index contributed by atoms with van der Waals surface area (Å²) in [5.41, 5.74) is 0.0405. The Bertz CT molecular complexity index is 782. The molecule has 1 saturated heterocycles. The smallest absolute Gasteiger partial charge is 0.239 e. The van der Waals surface area contributed by atoms with E-state index < -0.39 is 27.0 Å². The lowest BCUT2D eigenvalue weighted by atomic mass is 10.0. The maximum absolute atomic E-state index is 14.1. The Kier molecular flexibility index (Phi) is 4.27. The number of fused-ring (bicyclic) bond motifs is 1. The number of nitrogens with zero attached hydrogens (tertiary/aromatic N) is 1. The van der Waals surface area contributed by atoms with E-state index in [9.17, 15) is 22.0 Å². The molecule has 8 heteroatoms. The molecule has 0 unspecified atom stereocenters. The summed E-state index contributed by atoms with van der Waals surface area (Å²) < 4.78 is 50.7. The van der Waals surface area contributed by atoms with E-state index in [0.29, 0.717) is 31.4 Å². The van der Waals surface area contributed by atoms with Crippen LogP contribution in [-0.4, -0.2) is 44.5 Å². The van der Waals surface area contributed by atoms with Crippen molar-refractivity contribution in [2.45, 2.75) is 31.7 Å². The first kappa shape index (κ1) is 17.1. The normalized spacial score (nSPS) is 25.4. The lowest BCUT2D eigenvalue weighted by Crippen LogP contribution is -2.51. The molecule has 3 rings (SSSR count). The van der Waals surface area contributed by atoms with Gasteiger partial charge in [0.1, 0.15) is 11.6 Å². The minimum atomic E-state index is -3.12. The molecule has 1 aromatic rings. The van der Waals surface area contributed by atoms with Gasteiger partial charge in [0, 0.05) is 12.6 Å². The van der Waals surface area contributed by atoms with Crippen LogP contribution in [0, 0.1) is 11.6 Å². The molecular formula is C16H20F2N2O3S. The lowest BCUT2D eigenvalue weighted by Gasteiger charge is -2.32. The summed E-state index contributed by atoms with van der Waals surface area (Å²) in [6.45, 7) is 2.12. The van der Waals surface area contributed by atoms with Gasteiger partial charge < -0.3 is 10.2 Å². The molecule has 2 aliphatic heterocycles. The average Bonchev–Trinajstić information content (AvgIpc) is 2.71. The second-order valence-electron chi connectivity index (χ2n) is 6.87. The predicted molar refractivity (Wildman–Crippen MR) is 86.7 cm³/mol. The highest BCUT2D eigenvalue weighted by Crippen LogP contribution is 2.31. The first-order valence-electron chi connectivity index (χ1n) is 7.92.